The molecule has 82 valence electrons. The Morgan fingerprint density at radius 3 is 1.36 bits per heavy atom. The Morgan fingerprint density at radius 1 is 1.07 bits per heavy atom. The van der Waals surface area contributed by atoms with Crippen LogP contribution in [0.4, 0.5) is 0 Å². The molecular formula is C8H14O6. The summed E-state index contributed by atoms with van der Waals surface area (Å²) in [5.74, 6) is -3.56. The summed E-state index contributed by atoms with van der Waals surface area (Å²) >= 11 is 0. The van der Waals surface area contributed by atoms with Crippen molar-refractivity contribution < 1.29 is 29.7 Å². The van der Waals surface area contributed by atoms with Gasteiger partial charge in [-0.2, -0.15) is 0 Å². The Morgan fingerprint density at radius 2 is 1.36 bits per heavy atom. The average molecular weight is 206 g/mol. The molecule has 0 saturated heterocycles. The molecule has 1 atom stereocenters. The van der Waals surface area contributed by atoms with Gasteiger partial charge in [0.25, 0.3) is 0 Å². The second-order valence-electron chi connectivity index (χ2n) is 2.89. The molecule has 0 aliphatic carbocycles. The third kappa shape index (κ3) is 8.66. The molecule has 0 spiro atoms. The van der Waals surface area contributed by atoms with Crippen molar-refractivity contribution in [3.63, 3.8) is 0 Å². The van der Waals surface area contributed by atoms with Crippen LogP contribution >= 0.6 is 0 Å². The predicted octanol–water partition coefficient (Wildman–Crippen LogP) is -0.252. The van der Waals surface area contributed by atoms with Gasteiger partial charge in [-0.25, -0.2) is 9.59 Å². The van der Waals surface area contributed by atoms with Gasteiger partial charge >= 0.3 is 11.9 Å². The van der Waals surface area contributed by atoms with E-state index in [4.69, 9.17) is 15.3 Å². The van der Waals surface area contributed by atoms with Crippen molar-refractivity contribution in [3.05, 3.63) is 0 Å². The van der Waals surface area contributed by atoms with Crippen LogP contribution in [0.25, 0.3) is 0 Å². The minimum Gasteiger partial charge on any atom is -0.479 e. The van der Waals surface area contributed by atoms with E-state index in [0.717, 1.165) is 6.92 Å². The zero-order chi connectivity index (χ0) is 11.9. The third-order valence-corrected chi connectivity index (χ3v) is 1.19. The molecule has 1 unspecified atom stereocenters. The first-order valence-corrected chi connectivity index (χ1v) is 3.84. The number of hydrogen-bond acceptors (Lipinski definition) is 4. The molecule has 0 amide bonds. The fourth-order valence-corrected chi connectivity index (χ4v) is 0.285. The van der Waals surface area contributed by atoms with Gasteiger partial charge in [-0.3, -0.25) is 4.79 Å². The Labute approximate surface area is 81.2 Å². The molecule has 0 rings (SSSR count). The number of carbonyl (C=O) groups is 3. The molecule has 0 aromatic carbocycles. The third-order valence-electron chi connectivity index (χ3n) is 1.19. The van der Waals surface area contributed by atoms with E-state index >= 15 is 0 Å². The first-order valence-electron chi connectivity index (χ1n) is 3.84. The number of rotatable bonds is 3. The lowest BCUT2D eigenvalue weighted by Gasteiger charge is -2.06. The van der Waals surface area contributed by atoms with E-state index in [1.165, 1.54) is 0 Å². The van der Waals surface area contributed by atoms with Crippen LogP contribution in [0.3, 0.4) is 0 Å². The Bertz CT molecular complexity index is 208. The lowest BCUT2D eigenvalue weighted by molar-refractivity contribution is -0.148. The van der Waals surface area contributed by atoms with Gasteiger partial charge in [0.15, 0.2) is 6.10 Å². The van der Waals surface area contributed by atoms with Crippen molar-refractivity contribution in [2.24, 2.45) is 5.92 Å². The number of ketones is 1. The Kier molecular flexibility index (Phi) is 7.55. The number of aliphatic hydroxyl groups excluding tert-OH is 1. The van der Waals surface area contributed by atoms with Crippen LogP contribution in [0.15, 0.2) is 0 Å². The summed E-state index contributed by atoms with van der Waals surface area (Å²) in [6, 6.07) is 0. The molecule has 0 heterocycles. The molecule has 6 heteroatoms. The zero-order valence-electron chi connectivity index (χ0n) is 8.22. The van der Waals surface area contributed by atoms with Crippen molar-refractivity contribution in [1.82, 2.24) is 0 Å². The minimum atomic E-state index is -1.38. The summed E-state index contributed by atoms with van der Waals surface area (Å²) < 4.78 is 0. The fraction of sp³-hybridized carbons (Fsp3) is 0.625. The molecule has 0 aromatic heterocycles. The average Bonchev–Trinajstić information content (AvgIpc) is 2.03. The number of aliphatic carboxylic acids is 2. The van der Waals surface area contributed by atoms with Crippen molar-refractivity contribution in [2.75, 3.05) is 0 Å². The smallest absolute Gasteiger partial charge is 0.371 e. The van der Waals surface area contributed by atoms with Gasteiger partial charge in [-0.15, -0.1) is 0 Å². The summed E-state index contributed by atoms with van der Waals surface area (Å²) in [7, 11) is 0. The minimum absolute atomic E-state index is 0.201. The van der Waals surface area contributed by atoms with Crippen molar-refractivity contribution in [2.45, 2.75) is 26.9 Å². The largest absolute Gasteiger partial charge is 0.479 e. The van der Waals surface area contributed by atoms with Crippen LogP contribution < -0.4 is 0 Å². The van der Waals surface area contributed by atoms with Crippen molar-refractivity contribution >= 4 is 17.7 Å². The van der Waals surface area contributed by atoms with Crippen LogP contribution in [0.5, 0.6) is 0 Å². The standard InChI is InChI=1S/C5H10O3.C3H4O3/c1-3(2)4(6)5(7)8;1-2(4)3(5)6/h3-4,6H,1-2H3,(H,7,8);1H3,(H,5,6). The van der Waals surface area contributed by atoms with Gasteiger partial charge in [0.2, 0.25) is 5.78 Å². The number of hydrogen-bond donors (Lipinski definition) is 3. The van der Waals surface area contributed by atoms with Gasteiger partial charge in [0, 0.05) is 6.92 Å². The van der Waals surface area contributed by atoms with E-state index in [1.54, 1.807) is 13.8 Å². The van der Waals surface area contributed by atoms with Crippen LogP contribution in [0, 0.1) is 5.92 Å². The second-order valence-corrected chi connectivity index (χ2v) is 2.89. The fourth-order valence-electron chi connectivity index (χ4n) is 0.285. The van der Waals surface area contributed by atoms with E-state index in [2.05, 4.69) is 0 Å². The SMILES string of the molecule is CC(=O)C(=O)O.CC(C)C(O)C(=O)O. The van der Waals surface area contributed by atoms with Gasteiger partial charge in [-0.05, 0) is 5.92 Å². The summed E-state index contributed by atoms with van der Waals surface area (Å²) in [6.45, 7) is 4.31. The lowest BCUT2D eigenvalue weighted by Crippen LogP contribution is -2.25. The van der Waals surface area contributed by atoms with Crippen molar-refractivity contribution in [3.8, 4) is 0 Å². The van der Waals surface area contributed by atoms with Gasteiger partial charge < -0.3 is 15.3 Å². The summed E-state index contributed by atoms with van der Waals surface area (Å²) in [5.41, 5.74) is 0. The van der Waals surface area contributed by atoms with Gasteiger partial charge in [0.1, 0.15) is 0 Å². The van der Waals surface area contributed by atoms with Gasteiger partial charge in [0.05, 0.1) is 0 Å². The van der Waals surface area contributed by atoms with Crippen LogP contribution in [-0.2, 0) is 14.4 Å². The molecule has 6 nitrogen and oxygen atoms in total. The topological polar surface area (TPSA) is 112 Å². The van der Waals surface area contributed by atoms with Crippen LogP contribution in [0.1, 0.15) is 20.8 Å². The first kappa shape index (κ1) is 15.1. The Hall–Kier alpha value is -1.43. The molecule has 0 aliphatic rings. The van der Waals surface area contributed by atoms with Gasteiger partial charge in [-0.1, -0.05) is 13.8 Å². The maximum atomic E-state index is 9.89. The monoisotopic (exact) mass is 206 g/mol. The molecule has 0 fully saturated rings. The van der Waals surface area contributed by atoms with Crippen LogP contribution in [-0.4, -0.2) is 39.1 Å². The molecule has 0 bridgehead atoms. The van der Waals surface area contributed by atoms with E-state index in [9.17, 15) is 14.4 Å². The predicted molar refractivity (Wildman–Crippen MR) is 46.8 cm³/mol. The number of carboxylic acid groups (broad SMARTS) is 2. The summed E-state index contributed by atoms with van der Waals surface area (Å²) in [4.78, 5) is 28.8. The highest BCUT2D eigenvalue weighted by atomic mass is 16.4. The van der Waals surface area contributed by atoms with Crippen molar-refractivity contribution in [1.29, 1.82) is 0 Å². The summed E-state index contributed by atoms with van der Waals surface area (Å²) in [5, 5.41) is 24.3. The van der Waals surface area contributed by atoms with Crippen LogP contribution in [0.2, 0.25) is 0 Å². The Balaban J connectivity index is 0. The first-order chi connectivity index (χ1) is 6.20. The number of Topliss-reactive ketones (excluding diaryl/α,β-unsaturated/α-hetero) is 1. The molecule has 0 radical (unpaired) electrons. The molecular weight excluding hydrogens is 192 g/mol. The normalized spacial score (nSPS) is 11.2. The number of carbonyl (C=O) groups excluding carboxylic acids is 1. The highest BCUT2D eigenvalue weighted by Gasteiger charge is 2.16. The van der Waals surface area contributed by atoms with E-state index in [-0.39, 0.29) is 5.92 Å². The molecule has 0 saturated carbocycles. The maximum Gasteiger partial charge on any atom is 0.371 e. The highest BCUT2D eigenvalue weighted by Crippen LogP contribution is 1.99. The lowest BCUT2D eigenvalue weighted by atomic mass is 10.1. The van der Waals surface area contributed by atoms with E-state index < -0.39 is 23.8 Å². The molecule has 0 aliphatic heterocycles. The zero-order valence-corrected chi connectivity index (χ0v) is 8.22. The molecule has 14 heavy (non-hydrogen) atoms. The number of aliphatic hydroxyl groups is 1. The quantitative estimate of drug-likeness (QED) is 0.549. The number of carboxylic acids is 2. The molecule has 3 N–H and O–H groups in total. The maximum absolute atomic E-state index is 9.89. The highest BCUT2D eigenvalue weighted by molar-refractivity contribution is 6.31. The molecule has 0 aromatic rings. The van der Waals surface area contributed by atoms with E-state index in [0.29, 0.717) is 0 Å². The summed E-state index contributed by atoms with van der Waals surface area (Å²) in [6.07, 6.45) is -1.21. The van der Waals surface area contributed by atoms with E-state index in [1.807, 2.05) is 0 Å². The second kappa shape index (κ2) is 7.02.